The Balaban J connectivity index is 2.14. The van der Waals surface area contributed by atoms with Crippen molar-refractivity contribution in [3.05, 3.63) is 47.1 Å². The zero-order chi connectivity index (χ0) is 11.4. The molecule has 1 unspecified atom stereocenters. The van der Waals surface area contributed by atoms with Crippen molar-refractivity contribution in [3.8, 4) is 0 Å². The van der Waals surface area contributed by atoms with Gasteiger partial charge in [0.15, 0.2) is 0 Å². The second kappa shape index (κ2) is 4.81. The Morgan fingerprint density at radius 2 is 2.12 bits per heavy atom. The van der Waals surface area contributed by atoms with Crippen molar-refractivity contribution < 1.29 is 0 Å². The average Bonchev–Trinajstić information content (AvgIpc) is 2.31. The fraction of sp³-hybridized carbons (Fsp3) is 0.0909. The van der Waals surface area contributed by atoms with Gasteiger partial charge in [-0.05, 0) is 30.3 Å². The van der Waals surface area contributed by atoms with Crippen LogP contribution in [-0.4, -0.2) is 18.3 Å². The Kier molecular flexibility index (Phi) is 3.22. The summed E-state index contributed by atoms with van der Waals surface area (Å²) in [5, 5.41) is 3.63. The maximum Gasteiger partial charge on any atom is 0.215 e. The molecule has 82 valence electrons. The fourth-order valence-electron chi connectivity index (χ4n) is 1.26. The highest BCUT2D eigenvalue weighted by Crippen LogP contribution is 2.09. The molecule has 1 aromatic rings. The van der Waals surface area contributed by atoms with Crippen LogP contribution in [0.3, 0.4) is 0 Å². The van der Waals surface area contributed by atoms with Gasteiger partial charge in [0.25, 0.3) is 0 Å². The van der Waals surface area contributed by atoms with Gasteiger partial charge in [0, 0.05) is 23.0 Å². The first kappa shape index (κ1) is 10.7. The lowest BCUT2D eigenvalue weighted by molar-refractivity contribution is 0.641. The summed E-state index contributed by atoms with van der Waals surface area (Å²) >= 11 is 5.78. The SMILES string of the molecule is NC(=NC1N=CC=CN1)c1ccc(Cl)cc1. The van der Waals surface area contributed by atoms with E-state index in [1.807, 2.05) is 12.1 Å². The van der Waals surface area contributed by atoms with E-state index in [-0.39, 0.29) is 6.29 Å². The molecule has 0 saturated heterocycles. The molecule has 3 N–H and O–H groups in total. The first-order valence-corrected chi connectivity index (χ1v) is 5.17. The highest BCUT2D eigenvalue weighted by molar-refractivity contribution is 6.30. The number of nitrogens with zero attached hydrogens (tertiary/aromatic N) is 2. The third-order valence-electron chi connectivity index (χ3n) is 2.06. The molecule has 0 bridgehead atoms. The standard InChI is InChI=1S/C11H11ClN4/c12-9-4-2-8(3-5-9)10(13)16-11-14-6-1-7-15-11/h1-7,11,14H,(H2,13,16). The molecule has 4 nitrogen and oxygen atoms in total. The van der Waals surface area contributed by atoms with E-state index in [0.717, 1.165) is 5.56 Å². The van der Waals surface area contributed by atoms with Crippen molar-refractivity contribution in [2.45, 2.75) is 6.29 Å². The second-order valence-corrected chi connectivity index (χ2v) is 3.66. The number of halogens is 1. The van der Waals surface area contributed by atoms with Gasteiger partial charge < -0.3 is 11.1 Å². The minimum atomic E-state index is -0.347. The van der Waals surface area contributed by atoms with Gasteiger partial charge in [-0.3, -0.25) is 0 Å². The highest BCUT2D eigenvalue weighted by atomic mass is 35.5. The van der Waals surface area contributed by atoms with Crippen LogP contribution in [-0.2, 0) is 0 Å². The van der Waals surface area contributed by atoms with E-state index < -0.39 is 0 Å². The van der Waals surface area contributed by atoms with E-state index in [1.165, 1.54) is 0 Å². The Hall–Kier alpha value is -1.81. The van der Waals surface area contributed by atoms with Gasteiger partial charge in [0.05, 0.1) is 0 Å². The zero-order valence-corrected chi connectivity index (χ0v) is 9.22. The van der Waals surface area contributed by atoms with Crippen LogP contribution in [0.1, 0.15) is 5.56 Å². The predicted octanol–water partition coefficient (Wildman–Crippen LogP) is 1.52. The molecular formula is C11H11ClN4. The van der Waals surface area contributed by atoms with Gasteiger partial charge in [-0.25, -0.2) is 9.98 Å². The summed E-state index contributed by atoms with van der Waals surface area (Å²) in [6.45, 7) is 0. The number of nitrogens with two attached hydrogens (primary N) is 1. The summed E-state index contributed by atoms with van der Waals surface area (Å²) in [6, 6.07) is 7.20. The van der Waals surface area contributed by atoms with E-state index in [0.29, 0.717) is 10.9 Å². The van der Waals surface area contributed by atoms with Crippen molar-refractivity contribution in [3.63, 3.8) is 0 Å². The van der Waals surface area contributed by atoms with Crippen LogP contribution >= 0.6 is 11.6 Å². The van der Waals surface area contributed by atoms with E-state index in [1.54, 1.807) is 30.6 Å². The van der Waals surface area contributed by atoms with Crippen LogP contribution in [0.15, 0.2) is 46.5 Å². The molecule has 0 spiro atoms. The van der Waals surface area contributed by atoms with E-state index >= 15 is 0 Å². The summed E-state index contributed by atoms with van der Waals surface area (Å²) in [4.78, 5) is 8.32. The summed E-state index contributed by atoms with van der Waals surface area (Å²) in [6.07, 6.45) is 4.90. The summed E-state index contributed by atoms with van der Waals surface area (Å²) in [5.41, 5.74) is 6.67. The Morgan fingerprint density at radius 3 is 2.75 bits per heavy atom. The van der Waals surface area contributed by atoms with Crippen LogP contribution in [0.5, 0.6) is 0 Å². The van der Waals surface area contributed by atoms with Crippen LogP contribution in [0.2, 0.25) is 5.02 Å². The van der Waals surface area contributed by atoms with Crippen LogP contribution in [0.25, 0.3) is 0 Å². The molecule has 0 saturated carbocycles. The number of benzene rings is 1. The lowest BCUT2D eigenvalue weighted by Gasteiger charge is -2.11. The number of allylic oxidation sites excluding steroid dienone is 1. The molecule has 0 fully saturated rings. The maximum atomic E-state index is 5.84. The van der Waals surface area contributed by atoms with Crippen molar-refractivity contribution in [1.82, 2.24) is 5.32 Å². The second-order valence-electron chi connectivity index (χ2n) is 3.22. The van der Waals surface area contributed by atoms with Gasteiger partial charge in [-0.1, -0.05) is 11.6 Å². The quantitative estimate of drug-likeness (QED) is 0.602. The number of rotatable bonds is 2. The largest absolute Gasteiger partial charge is 0.383 e. The molecule has 2 rings (SSSR count). The molecule has 0 aliphatic carbocycles. The molecule has 0 amide bonds. The zero-order valence-electron chi connectivity index (χ0n) is 8.47. The third-order valence-corrected chi connectivity index (χ3v) is 2.31. The summed E-state index contributed by atoms with van der Waals surface area (Å²) in [5.74, 6) is 0.432. The Bertz CT molecular complexity index is 448. The molecule has 1 atom stereocenters. The van der Waals surface area contributed by atoms with Crippen LogP contribution < -0.4 is 11.1 Å². The molecule has 1 aromatic carbocycles. The average molecular weight is 235 g/mol. The van der Waals surface area contributed by atoms with Gasteiger partial charge in [0.1, 0.15) is 5.84 Å². The van der Waals surface area contributed by atoms with Crippen LogP contribution in [0, 0.1) is 0 Å². The number of nitrogens with one attached hydrogen (secondary N) is 1. The maximum absolute atomic E-state index is 5.84. The summed E-state index contributed by atoms with van der Waals surface area (Å²) < 4.78 is 0. The van der Waals surface area contributed by atoms with Gasteiger partial charge >= 0.3 is 0 Å². The monoisotopic (exact) mass is 234 g/mol. The van der Waals surface area contributed by atoms with E-state index in [9.17, 15) is 0 Å². The molecule has 5 heteroatoms. The first-order chi connectivity index (χ1) is 7.75. The normalized spacial score (nSPS) is 19.6. The Morgan fingerprint density at radius 1 is 1.38 bits per heavy atom. The van der Waals surface area contributed by atoms with E-state index in [2.05, 4.69) is 15.3 Å². The van der Waals surface area contributed by atoms with Gasteiger partial charge in [-0.2, -0.15) is 0 Å². The van der Waals surface area contributed by atoms with Crippen molar-refractivity contribution in [2.24, 2.45) is 15.7 Å². The molecule has 1 aliphatic rings. The first-order valence-electron chi connectivity index (χ1n) is 4.79. The molecule has 1 heterocycles. The Labute approximate surface area is 98.5 Å². The number of aliphatic imine (C=N–C) groups is 2. The summed E-state index contributed by atoms with van der Waals surface area (Å²) in [7, 11) is 0. The molecule has 16 heavy (non-hydrogen) atoms. The third kappa shape index (κ3) is 2.61. The van der Waals surface area contributed by atoms with Gasteiger partial charge in [-0.15, -0.1) is 0 Å². The fourth-order valence-corrected chi connectivity index (χ4v) is 1.38. The number of hydrogen-bond donors (Lipinski definition) is 2. The minimum absolute atomic E-state index is 0.347. The highest BCUT2D eigenvalue weighted by Gasteiger charge is 2.04. The van der Waals surface area contributed by atoms with E-state index in [4.69, 9.17) is 17.3 Å². The molecule has 0 aromatic heterocycles. The molecular weight excluding hydrogens is 224 g/mol. The molecule has 0 radical (unpaired) electrons. The van der Waals surface area contributed by atoms with Crippen molar-refractivity contribution in [1.29, 1.82) is 0 Å². The number of hydrogen-bond acceptors (Lipinski definition) is 3. The minimum Gasteiger partial charge on any atom is -0.383 e. The van der Waals surface area contributed by atoms with Crippen LogP contribution in [0.4, 0.5) is 0 Å². The lowest BCUT2D eigenvalue weighted by atomic mass is 10.2. The smallest absolute Gasteiger partial charge is 0.215 e. The predicted molar refractivity (Wildman–Crippen MR) is 66.7 cm³/mol. The number of amidine groups is 1. The van der Waals surface area contributed by atoms with Gasteiger partial charge in [0.2, 0.25) is 6.29 Å². The van der Waals surface area contributed by atoms with Crippen molar-refractivity contribution >= 4 is 23.7 Å². The van der Waals surface area contributed by atoms with Crippen molar-refractivity contribution in [2.75, 3.05) is 0 Å². The molecule has 1 aliphatic heterocycles. The topological polar surface area (TPSA) is 62.8 Å². The lowest BCUT2D eigenvalue weighted by Crippen LogP contribution is -2.26.